The van der Waals surface area contributed by atoms with Crippen molar-refractivity contribution in [2.45, 2.75) is 0 Å². The van der Waals surface area contributed by atoms with Crippen LogP contribution in [0.25, 0.3) is 10.9 Å². The molecule has 0 fully saturated rings. The monoisotopic (exact) mass is 146 g/mol. The molecule has 1 radical (unpaired) electrons. The molecule has 0 spiro atoms. The van der Waals surface area contributed by atoms with Gasteiger partial charge in [-0.2, -0.15) is 0 Å². The third kappa shape index (κ3) is 0.963. The van der Waals surface area contributed by atoms with E-state index in [1.165, 1.54) is 6.07 Å². The van der Waals surface area contributed by atoms with E-state index in [1.807, 2.05) is 6.07 Å². The van der Waals surface area contributed by atoms with Crippen molar-refractivity contribution in [2.75, 3.05) is 0 Å². The van der Waals surface area contributed by atoms with E-state index in [1.54, 1.807) is 18.2 Å². The fraction of sp³-hybridized carbons (Fsp3) is 0. The van der Waals surface area contributed by atoms with Gasteiger partial charge in [0.15, 0.2) is 0 Å². The van der Waals surface area contributed by atoms with E-state index >= 15 is 0 Å². The van der Waals surface area contributed by atoms with E-state index in [4.69, 9.17) is 0 Å². The van der Waals surface area contributed by atoms with Crippen LogP contribution >= 0.6 is 0 Å². The zero-order valence-electron chi connectivity index (χ0n) is 5.71. The Bertz CT molecular complexity index is 379. The minimum atomic E-state index is -0.268. The van der Waals surface area contributed by atoms with Crippen molar-refractivity contribution in [3.05, 3.63) is 42.3 Å². The first-order valence-electron chi connectivity index (χ1n) is 3.29. The van der Waals surface area contributed by atoms with Crippen molar-refractivity contribution < 1.29 is 4.39 Å². The first-order valence-corrected chi connectivity index (χ1v) is 3.29. The van der Waals surface area contributed by atoms with Gasteiger partial charge in [-0.1, -0.05) is 12.1 Å². The molecule has 0 atom stereocenters. The number of fused-ring (bicyclic) bond motifs is 1. The summed E-state index contributed by atoms with van der Waals surface area (Å²) < 4.78 is 12.9. The van der Waals surface area contributed by atoms with E-state index in [-0.39, 0.29) is 5.82 Å². The van der Waals surface area contributed by atoms with Crippen molar-refractivity contribution in [2.24, 2.45) is 0 Å². The lowest BCUT2D eigenvalue weighted by Crippen LogP contribution is -1.81. The average Bonchev–Trinajstić information content (AvgIpc) is 2.06. The maximum atomic E-state index is 12.9. The van der Waals surface area contributed by atoms with E-state index in [2.05, 4.69) is 11.2 Å². The predicted octanol–water partition coefficient (Wildman–Crippen LogP) is 2.17. The molecule has 2 heteroatoms. The van der Waals surface area contributed by atoms with Crippen molar-refractivity contribution in [3.8, 4) is 0 Å². The van der Waals surface area contributed by atoms with Crippen LogP contribution in [-0.4, -0.2) is 4.98 Å². The van der Waals surface area contributed by atoms with Gasteiger partial charge in [-0.25, -0.2) is 9.37 Å². The Kier molecular flexibility index (Phi) is 1.32. The Balaban J connectivity index is 2.91. The summed E-state index contributed by atoms with van der Waals surface area (Å²) in [6.07, 6.45) is 2.48. The molecule has 0 unspecified atom stereocenters. The second kappa shape index (κ2) is 2.31. The lowest BCUT2D eigenvalue weighted by molar-refractivity contribution is 0.638. The number of hydrogen-bond acceptors (Lipinski definition) is 1. The summed E-state index contributed by atoms with van der Waals surface area (Å²) in [5.41, 5.74) is 0.646. The van der Waals surface area contributed by atoms with Gasteiger partial charge in [0.05, 0.1) is 11.7 Å². The highest BCUT2D eigenvalue weighted by Gasteiger charge is 1.97. The number of aromatic nitrogens is 1. The average molecular weight is 146 g/mol. The van der Waals surface area contributed by atoms with Crippen LogP contribution < -0.4 is 0 Å². The largest absolute Gasteiger partial charge is 0.246 e. The molecule has 1 heterocycles. The fourth-order valence-electron chi connectivity index (χ4n) is 1.01. The normalized spacial score (nSPS) is 10.3. The highest BCUT2D eigenvalue weighted by Crippen LogP contribution is 2.13. The van der Waals surface area contributed by atoms with Crippen molar-refractivity contribution in [1.29, 1.82) is 0 Å². The lowest BCUT2D eigenvalue weighted by atomic mass is 10.2. The van der Waals surface area contributed by atoms with Gasteiger partial charge >= 0.3 is 0 Å². The topological polar surface area (TPSA) is 12.9 Å². The van der Waals surface area contributed by atoms with Gasteiger partial charge in [0, 0.05) is 11.5 Å². The van der Waals surface area contributed by atoms with E-state index in [9.17, 15) is 4.39 Å². The molecule has 0 saturated heterocycles. The third-order valence-electron chi connectivity index (χ3n) is 1.54. The molecule has 0 saturated carbocycles. The molecule has 1 aromatic heterocycles. The molecule has 2 aromatic rings. The van der Waals surface area contributed by atoms with E-state index in [0.29, 0.717) is 10.9 Å². The molecule has 0 aliphatic heterocycles. The highest BCUT2D eigenvalue weighted by molar-refractivity contribution is 5.78. The second-order valence-electron chi connectivity index (χ2n) is 2.25. The SMILES string of the molecule is Fc1c[c]nc2ccccc12. The maximum absolute atomic E-state index is 12.9. The Morgan fingerprint density at radius 3 is 2.91 bits per heavy atom. The van der Waals surface area contributed by atoms with E-state index < -0.39 is 0 Å². The highest BCUT2D eigenvalue weighted by atomic mass is 19.1. The van der Waals surface area contributed by atoms with Crippen LogP contribution in [0.3, 0.4) is 0 Å². The Labute approximate surface area is 63.5 Å². The quantitative estimate of drug-likeness (QED) is 0.555. The molecule has 0 aliphatic rings. The number of benzene rings is 1. The first kappa shape index (κ1) is 6.28. The van der Waals surface area contributed by atoms with Crippen LogP contribution in [0.4, 0.5) is 4.39 Å². The predicted molar refractivity (Wildman–Crippen MR) is 40.5 cm³/mol. The van der Waals surface area contributed by atoms with Crippen LogP contribution in [0, 0.1) is 12.0 Å². The number of nitrogens with zero attached hydrogens (tertiary/aromatic N) is 1. The maximum Gasteiger partial charge on any atom is 0.134 e. The summed E-state index contributed by atoms with van der Waals surface area (Å²) in [5, 5.41) is 0.547. The fourth-order valence-corrected chi connectivity index (χ4v) is 1.01. The summed E-state index contributed by atoms with van der Waals surface area (Å²) in [7, 11) is 0. The van der Waals surface area contributed by atoms with Gasteiger partial charge in [-0.3, -0.25) is 0 Å². The number of para-hydroxylation sites is 1. The molecule has 0 bridgehead atoms. The number of hydrogen-bond donors (Lipinski definition) is 0. The standard InChI is InChI=1S/C9H5FN/c10-8-5-6-11-9-4-2-1-3-7(8)9/h1-5H. The van der Waals surface area contributed by atoms with Crippen molar-refractivity contribution >= 4 is 10.9 Å². The Morgan fingerprint density at radius 1 is 1.27 bits per heavy atom. The van der Waals surface area contributed by atoms with Gasteiger partial charge in [-0.15, -0.1) is 0 Å². The van der Waals surface area contributed by atoms with E-state index in [0.717, 1.165) is 0 Å². The lowest BCUT2D eigenvalue weighted by Gasteiger charge is -1.94. The molecule has 0 amide bonds. The van der Waals surface area contributed by atoms with Crippen LogP contribution in [0.15, 0.2) is 30.3 Å². The molecule has 53 valence electrons. The van der Waals surface area contributed by atoms with Crippen molar-refractivity contribution in [3.63, 3.8) is 0 Å². The van der Waals surface area contributed by atoms with Gasteiger partial charge in [-0.05, 0) is 12.1 Å². The van der Waals surface area contributed by atoms with Crippen LogP contribution in [0.2, 0.25) is 0 Å². The zero-order valence-corrected chi connectivity index (χ0v) is 5.71. The van der Waals surface area contributed by atoms with Gasteiger partial charge in [0.1, 0.15) is 5.82 Å². The summed E-state index contributed by atoms with van der Waals surface area (Å²) in [4.78, 5) is 3.88. The summed E-state index contributed by atoms with van der Waals surface area (Å²) in [6, 6.07) is 8.30. The van der Waals surface area contributed by atoms with Gasteiger partial charge in [0.25, 0.3) is 0 Å². The number of halogens is 1. The van der Waals surface area contributed by atoms with Gasteiger partial charge in [0.2, 0.25) is 0 Å². The minimum Gasteiger partial charge on any atom is -0.246 e. The first-order chi connectivity index (χ1) is 5.38. The molecular formula is C9H5FN. The second-order valence-corrected chi connectivity index (χ2v) is 2.25. The van der Waals surface area contributed by atoms with Crippen LogP contribution in [0.1, 0.15) is 0 Å². The third-order valence-corrected chi connectivity index (χ3v) is 1.54. The summed E-state index contributed by atoms with van der Waals surface area (Å²) >= 11 is 0. The summed E-state index contributed by atoms with van der Waals surface area (Å²) in [5.74, 6) is -0.268. The van der Waals surface area contributed by atoms with Gasteiger partial charge < -0.3 is 0 Å². The smallest absolute Gasteiger partial charge is 0.134 e. The molecule has 2 rings (SSSR count). The summed E-state index contributed by atoms with van der Waals surface area (Å²) in [6.45, 7) is 0. The van der Waals surface area contributed by atoms with Crippen molar-refractivity contribution in [1.82, 2.24) is 4.98 Å². The number of pyridine rings is 1. The molecule has 0 N–H and O–H groups in total. The van der Waals surface area contributed by atoms with Crippen LogP contribution in [0.5, 0.6) is 0 Å². The molecule has 1 aromatic carbocycles. The molecule has 11 heavy (non-hydrogen) atoms. The van der Waals surface area contributed by atoms with Crippen LogP contribution in [-0.2, 0) is 0 Å². The molecule has 0 aliphatic carbocycles. The minimum absolute atomic E-state index is 0.268. The molecule has 1 nitrogen and oxygen atoms in total. The molecular weight excluding hydrogens is 141 g/mol. The zero-order chi connectivity index (χ0) is 7.68. The Morgan fingerprint density at radius 2 is 2.09 bits per heavy atom. The number of rotatable bonds is 0. The Hall–Kier alpha value is -1.44.